The predicted molar refractivity (Wildman–Crippen MR) is 81.5 cm³/mol. The van der Waals surface area contributed by atoms with Gasteiger partial charge in [-0.2, -0.15) is 11.8 Å². The first-order chi connectivity index (χ1) is 8.56. The minimum absolute atomic E-state index is 0.257. The van der Waals surface area contributed by atoms with Crippen molar-refractivity contribution in [2.45, 2.75) is 43.8 Å². The van der Waals surface area contributed by atoms with Crippen LogP contribution in [0.15, 0.2) is 24.3 Å². The number of aliphatic hydroxyl groups excluding tert-OH is 1. The third-order valence-corrected chi connectivity index (χ3v) is 5.44. The summed E-state index contributed by atoms with van der Waals surface area (Å²) in [5, 5.41) is 11.5. The summed E-state index contributed by atoms with van der Waals surface area (Å²) in [6.07, 6.45) is 0.717. The lowest BCUT2D eigenvalue weighted by Gasteiger charge is -2.18. The lowest BCUT2D eigenvalue weighted by Crippen LogP contribution is -2.19. The summed E-state index contributed by atoms with van der Waals surface area (Å²) in [6, 6.07) is 8.26. The molecule has 0 aliphatic heterocycles. The molecule has 0 bridgehead atoms. The molecule has 2 nitrogen and oxygen atoms in total. The maximum absolute atomic E-state index is 9.52. The number of thiazole rings is 1. The molecule has 0 radical (unpaired) electrons. The van der Waals surface area contributed by atoms with Gasteiger partial charge in [-0.15, -0.1) is 11.3 Å². The zero-order valence-corrected chi connectivity index (χ0v) is 12.6. The number of hydrogen-bond acceptors (Lipinski definition) is 4. The fourth-order valence-corrected chi connectivity index (χ4v) is 4.20. The molecule has 0 saturated heterocycles. The Labute approximate surface area is 116 Å². The van der Waals surface area contributed by atoms with Gasteiger partial charge in [0.25, 0.3) is 0 Å². The Bertz CT molecular complexity index is 476. The van der Waals surface area contributed by atoms with Crippen LogP contribution >= 0.6 is 23.1 Å². The van der Waals surface area contributed by atoms with Crippen molar-refractivity contribution in [2.75, 3.05) is 0 Å². The van der Waals surface area contributed by atoms with E-state index < -0.39 is 0 Å². The highest BCUT2D eigenvalue weighted by Crippen LogP contribution is 2.27. The third kappa shape index (κ3) is 3.46. The zero-order chi connectivity index (χ0) is 13.1. The van der Waals surface area contributed by atoms with E-state index in [2.05, 4.69) is 37.0 Å². The molecule has 0 unspecified atom stereocenters. The van der Waals surface area contributed by atoms with Crippen LogP contribution in [0.5, 0.6) is 0 Å². The SMILES string of the molecule is C[C@H](Cc1nc2ccccc2s1)S[C@H](C)[C@@H](C)O. The molecule has 98 valence electrons. The van der Waals surface area contributed by atoms with Gasteiger partial charge < -0.3 is 5.11 Å². The van der Waals surface area contributed by atoms with E-state index in [0.29, 0.717) is 5.25 Å². The monoisotopic (exact) mass is 281 g/mol. The van der Waals surface area contributed by atoms with Gasteiger partial charge in [-0.25, -0.2) is 4.98 Å². The Hall–Kier alpha value is -0.580. The van der Waals surface area contributed by atoms with Gasteiger partial charge in [-0.1, -0.05) is 26.0 Å². The van der Waals surface area contributed by atoms with E-state index in [1.54, 1.807) is 11.3 Å². The molecule has 0 saturated carbocycles. The maximum atomic E-state index is 9.52. The maximum Gasteiger partial charge on any atom is 0.0949 e. The smallest absolute Gasteiger partial charge is 0.0949 e. The topological polar surface area (TPSA) is 33.1 Å². The van der Waals surface area contributed by atoms with Crippen LogP contribution in [0.4, 0.5) is 0 Å². The number of rotatable bonds is 5. The number of aliphatic hydroxyl groups is 1. The summed E-state index contributed by atoms with van der Waals surface area (Å²) < 4.78 is 1.26. The summed E-state index contributed by atoms with van der Waals surface area (Å²) in [7, 11) is 0. The van der Waals surface area contributed by atoms with Crippen molar-refractivity contribution in [1.82, 2.24) is 4.98 Å². The van der Waals surface area contributed by atoms with Gasteiger partial charge in [0.1, 0.15) is 0 Å². The predicted octanol–water partition coefficient (Wildman–Crippen LogP) is 3.73. The number of thioether (sulfide) groups is 1. The first-order valence-electron chi connectivity index (χ1n) is 6.24. The molecule has 4 heteroatoms. The number of para-hydroxylation sites is 1. The highest BCUT2D eigenvalue weighted by molar-refractivity contribution is 8.00. The first kappa shape index (κ1) is 13.8. The molecule has 1 N–H and O–H groups in total. The Balaban J connectivity index is 2.00. The van der Waals surface area contributed by atoms with Crippen LogP contribution in [0, 0.1) is 0 Å². The fraction of sp³-hybridized carbons (Fsp3) is 0.500. The van der Waals surface area contributed by atoms with E-state index in [-0.39, 0.29) is 11.4 Å². The van der Waals surface area contributed by atoms with E-state index in [9.17, 15) is 5.11 Å². The van der Waals surface area contributed by atoms with Gasteiger partial charge in [-0.05, 0) is 19.1 Å². The van der Waals surface area contributed by atoms with E-state index in [1.807, 2.05) is 24.8 Å². The Morgan fingerprint density at radius 3 is 2.67 bits per heavy atom. The van der Waals surface area contributed by atoms with E-state index in [1.165, 1.54) is 9.71 Å². The minimum atomic E-state index is -0.257. The van der Waals surface area contributed by atoms with Crippen LogP contribution in [0.3, 0.4) is 0 Å². The van der Waals surface area contributed by atoms with Crippen LogP contribution in [-0.4, -0.2) is 26.7 Å². The quantitative estimate of drug-likeness (QED) is 0.906. The summed E-state index contributed by atoms with van der Waals surface area (Å²) in [5.74, 6) is 0. The van der Waals surface area contributed by atoms with E-state index in [4.69, 9.17) is 0 Å². The molecular weight excluding hydrogens is 262 g/mol. The Morgan fingerprint density at radius 2 is 2.00 bits per heavy atom. The second kappa shape index (κ2) is 6.04. The van der Waals surface area contributed by atoms with Gasteiger partial charge in [0.15, 0.2) is 0 Å². The van der Waals surface area contributed by atoms with Gasteiger partial charge >= 0.3 is 0 Å². The van der Waals surface area contributed by atoms with Gasteiger partial charge in [0.05, 0.1) is 21.3 Å². The van der Waals surface area contributed by atoms with Crippen molar-refractivity contribution in [3.8, 4) is 0 Å². The highest BCUT2D eigenvalue weighted by Gasteiger charge is 2.15. The number of hydrogen-bond donors (Lipinski definition) is 1. The number of benzene rings is 1. The highest BCUT2D eigenvalue weighted by atomic mass is 32.2. The largest absolute Gasteiger partial charge is 0.392 e. The van der Waals surface area contributed by atoms with E-state index in [0.717, 1.165) is 11.9 Å². The van der Waals surface area contributed by atoms with Gasteiger partial charge in [-0.3, -0.25) is 0 Å². The van der Waals surface area contributed by atoms with Crippen LogP contribution in [-0.2, 0) is 6.42 Å². The van der Waals surface area contributed by atoms with Crippen molar-refractivity contribution < 1.29 is 5.11 Å². The molecule has 0 fully saturated rings. The van der Waals surface area contributed by atoms with Gasteiger partial charge in [0, 0.05) is 16.9 Å². The third-order valence-electron chi connectivity index (χ3n) is 2.93. The number of aromatic nitrogens is 1. The normalized spacial score (nSPS) is 16.7. The van der Waals surface area contributed by atoms with Crippen LogP contribution < -0.4 is 0 Å². The minimum Gasteiger partial charge on any atom is -0.392 e. The Kier molecular flexibility index (Phi) is 4.65. The molecule has 0 aliphatic rings. The number of fused-ring (bicyclic) bond motifs is 1. The van der Waals surface area contributed by atoms with Crippen LogP contribution in [0.25, 0.3) is 10.2 Å². The first-order valence-corrected chi connectivity index (χ1v) is 8.00. The molecule has 0 amide bonds. The van der Waals surface area contributed by atoms with Gasteiger partial charge in [0.2, 0.25) is 0 Å². The average molecular weight is 281 g/mol. The second-order valence-corrected chi connectivity index (χ2v) is 7.61. The molecule has 1 aromatic heterocycles. The molecule has 1 aromatic carbocycles. The average Bonchev–Trinajstić information content (AvgIpc) is 2.70. The van der Waals surface area contributed by atoms with Crippen molar-refractivity contribution in [3.63, 3.8) is 0 Å². The fourth-order valence-electron chi connectivity index (χ4n) is 1.78. The summed E-state index contributed by atoms with van der Waals surface area (Å²) >= 11 is 3.60. The summed E-state index contributed by atoms with van der Waals surface area (Å²) in [5.41, 5.74) is 1.10. The molecule has 1 heterocycles. The molecule has 18 heavy (non-hydrogen) atoms. The van der Waals surface area contributed by atoms with Crippen molar-refractivity contribution in [3.05, 3.63) is 29.3 Å². The molecular formula is C14H19NOS2. The van der Waals surface area contributed by atoms with Crippen molar-refractivity contribution in [2.24, 2.45) is 0 Å². The molecule has 2 rings (SSSR count). The lowest BCUT2D eigenvalue weighted by atomic mass is 10.3. The molecule has 3 atom stereocenters. The van der Waals surface area contributed by atoms with Crippen LogP contribution in [0.2, 0.25) is 0 Å². The second-order valence-electron chi connectivity index (χ2n) is 4.67. The van der Waals surface area contributed by atoms with E-state index >= 15 is 0 Å². The standard InChI is InChI=1S/C14H19NOS2/c1-9(17-11(3)10(2)16)8-14-15-12-6-4-5-7-13(12)18-14/h4-7,9-11,16H,8H2,1-3H3/t9-,10-,11-/m1/s1. The van der Waals surface area contributed by atoms with Crippen molar-refractivity contribution in [1.29, 1.82) is 0 Å². The van der Waals surface area contributed by atoms with Crippen LogP contribution in [0.1, 0.15) is 25.8 Å². The Morgan fingerprint density at radius 1 is 1.28 bits per heavy atom. The van der Waals surface area contributed by atoms with Crippen molar-refractivity contribution >= 4 is 33.3 Å². The zero-order valence-electron chi connectivity index (χ0n) is 11.0. The lowest BCUT2D eigenvalue weighted by molar-refractivity contribution is 0.196. The number of nitrogens with zero attached hydrogens (tertiary/aromatic N) is 1. The molecule has 2 aromatic rings. The summed E-state index contributed by atoms with van der Waals surface area (Å²) in [4.78, 5) is 4.65. The molecule has 0 aliphatic carbocycles. The summed E-state index contributed by atoms with van der Waals surface area (Å²) in [6.45, 7) is 6.13. The molecule has 0 spiro atoms.